The van der Waals surface area contributed by atoms with Gasteiger partial charge >= 0.3 is 0 Å². The van der Waals surface area contributed by atoms with Gasteiger partial charge in [0.2, 0.25) is 0 Å². The average Bonchev–Trinajstić information content (AvgIpc) is 2.57. The van der Waals surface area contributed by atoms with E-state index >= 15 is 0 Å². The average molecular weight is 296 g/mol. The zero-order valence-electron chi connectivity index (χ0n) is 13.2. The fourth-order valence-electron chi connectivity index (χ4n) is 3.08. The Bertz CT molecular complexity index is 633. The topological polar surface area (TPSA) is 38.5 Å². The molecule has 2 N–H and O–H groups in total. The van der Waals surface area contributed by atoms with Gasteiger partial charge in [-0.2, -0.15) is 0 Å². The first-order chi connectivity index (χ1) is 10.8. The Morgan fingerprint density at radius 2 is 1.68 bits per heavy atom. The van der Waals surface area contributed by atoms with E-state index in [1.807, 2.05) is 24.3 Å². The molecule has 0 aromatic heterocycles. The van der Waals surface area contributed by atoms with Crippen LogP contribution in [0.3, 0.4) is 0 Å². The summed E-state index contributed by atoms with van der Waals surface area (Å²) in [4.78, 5) is 2.44. The minimum Gasteiger partial charge on any atom is -0.457 e. The van der Waals surface area contributed by atoms with Crippen LogP contribution in [0, 0.1) is 6.92 Å². The number of hydrogen-bond acceptors (Lipinski definition) is 3. The van der Waals surface area contributed by atoms with Gasteiger partial charge < -0.3 is 15.4 Å². The van der Waals surface area contributed by atoms with Crippen LogP contribution >= 0.6 is 0 Å². The van der Waals surface area contributed by atoms with Crippen LogP contribution < -0.4 is 15.4 Å². The quantitative estimate of drug-likeness (QED) is 0.917. The van der Waals surface area contributed by atoms with Crippen molar-refractivity contribution in [1.29, 1.82) is 0 Å². The molecule has 1 heterocycles. The molecule has 0 bridgehead atoms. The predicted octanol–water partition coefficient (Wildman–Crippen LogP) is 4.24. The van der Waals surface area contributed by atoms with Crippen LogP contribution in [0.15, 0.2) is 42.5 Å². The van der Waals surface area contributed by atoms with Crippen molar-refractivity contribution in [2.75, 3.05) is 18.0 Å². The molecule has 116 valence electrons. The third-order valence-corrected chi connectivity index (χ3v) is 4.32. The Labute approximate surface area is 132 Å². The summed E-state index contributed by atoms with van der Waals surface area (Å²) in [6.45, 7) is 4.78. The number of para-hydroxylation sites is 1. The molecule has 2 aromatic carbocycles. The Balaban J connectivity index is 1.92. The fraction of sp³-hybridized carbons (Fsp3) is 0.368. The van der Waals surface area contributed by atoms with Crippen LogP contribution in [0.25, 0.3) is 0 Å². The lowest BCUT2D eigenvalue weighted by Gasteiger charge is -2.31. The van der Waals surface area contributed by atoms with E-state index in [0.717, 1.165) is 35.7 Å². The SMILES string of the molecule is Cc1ccccc1Oc1cccc(N2CCCCC2)c1CN. The van der Waals surface area contributed by atoms with Gasteiger partial charge in [0.05, 0.1) is 0 Å². The van der Waals surface area contributed by atoms with Crippen molar-refractivity contribution in [1.82, 2.24) is 0 Å². The summed E-state index contributed by atoms with van der Waals surface area (Å²) in [6, 6.07) is 14.3. The molecule has 0 saturated carbocycles. The highest BCUT2D eigenvalue weighted by molar-refractivity contribution is 5.60. The Hall–Kier alpha value is -2.00. The second-order valence-electron chi connectivity index (χ2n) is 5.87. The van der Waals surface area contributed by atoms with Gasteiger partial charge in [0, 0.05) is 30.9 Å². The maximum absolute atomic E-state index is 6.16. The molecule has 3 heteroatoms. The molecule has 0 unspecified atom stereocenters. The Morgan fingerprint density at radius 3 is 2.41 bits per heavy atom. The minimum absolute atomic E-state index is 0.494. The first-order valence-corrected chi connectivity index (χ1v) is 8.10. The zero-order valence-corrected chi connectivity index (χ0v) is 13.2. The first-order valence-electron chi connectivity index (χ1n) is 8.10. The van der Waals surface area contributed by atoms with Crippen LogP contribution in [0.1, 0.15) is 30.4 Å². The molecule has 1 fully saturated rings. The molecule has 1 aliphatic heterocycles. The van der Waals surface area contributed by atoms with Crippen molar-refractivity contribution in [2.45, 2.75) is 32.7 Å². The molecule has 0 spiro atoms. The van der Waals surface area contributed by atoms with E-state index in [0.29, 0.717) is 6.54 Å². The second kappa shape index (κ2) is 6.84. The summed E-state index contributed by atoms with van der Waals surface area (Å²) in [6.07, 6.45) is 3.84. The monoisotopic (exact) mass is 296 g/mol. The van der Waals surface area contributed by atoms with Crippen LogP contribution in [0.2, 0.25) is 0 Å². The van der Waals surface area contributed by atoms with Gasteiger partial charge in [-0.05, 0) is 49.9 Å². The number of nitrogens with two attached hydrogens (primary N) is 1. The Kier molecular flexibility index (Phi) is 4.64. The summed E-state index contributed by atoms with van der Waals surface area (Å²) >= 11 is 0. The summed E-state index contributed by atoms with van der Waals surface area (Å²) in [5.41, 5.74) is 9.51. The van der Waals surface area contributed by atoms with Crippen molar-refractivity contribution in [3.63, 3.8) is 0 Å². The van der Waals surface area contributed by atoms with Crippen molar-refractivity contribution in [3.05, 3.63) is 53.6 Å². The van der Waals surface area contributed by atoms with Gasteiger partial charge in [-0.3, -0.25) is 0 Å². The van der Waals surface area contributed by atoms with Crippen molar-refractivity contribution >= 4 is 5.69 Å². The van der Waals surface area contributed by atoms with E-state index < -0.39 is 0 Å². The summed E-state index contributed by atoms with van der Waals surface area (Å²) in [7, 11) is 0. The highest BCUT2D eigenvalue weighted by Gasteiger charge is 2.17. The molecule has 3 nitrogen and oxygen atoms in total. The van der Waals surface area contributed by atoms with Crippen LogP contribution in [-0.4, -0.2) is 13.1 Å². The normalized spacial score (nSPS) is 14.9. The lowest BCUT2D eigenvalue weighted by molar-refractivity contribution is 0.472. The van der Waals surface area contributed by atoms with Crippen LogP contribution in [0.4, 0.5) is 5.69 Å². The molecule has 22 heavy (non-hydrogen) atoms. The van der Waals surface area contributed by atoms with Crippen molar-refractivity contribution < 1.29 is 4.74 Å². The number of anilines is 1. The van der Waals surface area contributed by atoms with Crippen LogP contribution in [0.5, 0.6) is 11.5 Å². The maximum atomic E-state index is 6.16. The lowest BCUT2D eigenvalue weighted by atomic mass is 10.1. The van der Waals surface area contributed by atoms with Gasteiger partial charge in [-0.15, -0.1) is 0 Å². The largest absolute Gasteiger partial charge is 0.457 e. The molecule has 1 saturated heterocycles. The highest BCUT2D eigenvalue weighted by atomic mass is 16.5. The third-order valence-electron chi connectivity index (χ3n) is 4.32. The van der Waals surface area contributed by atoms with E-state index in [1.165, 1.54) is 24.9 Å². The molecular formula is C19H24N2O. The number of hydrogen-bond donors (Lipinski definition) is 1. The number of rotatable bonds is 4. The minimum atomic E-state index is 0.494. The lowest BCUT2D eigenvalue weighted by Crippen LogP contribution is -2.30. The number of ether oxygens (including phenoxy) is 1. The molecular weight excluding hydrogens is 272 g/mol. The van der Waals surface area contributed by atoms with Gasteiger partial charge in [-0.25, -0.2) is 0 Å². The highest BCUT2D eigenvalue weighted by Crippen LogP contribution is 2.34. The molecule has 1 aliphatic rings. The van der Waals surface area contributed by atoms with Gasteiger partial charge in [0.15, 0.2) is 0 Å². The number of benzene rings is 2. The van der Waals surface area contributed by atoms with E-state index in [1.54, 1.807) is 0 Å². The van der Waals surface area contributed by atoms with Gasteiger partial charge in [0.25, 0.3) is 0 Å². The first kappa shape index (κ1) is 14.9. The van der Waals surface area contributed by atoms with Gasteiger partial charge in [0.1, 0.15) is 11.5 Å². The maximum Gasteiger partial charge on any atom is 0.134 e. The van der Waals surface area contributed by atoms with E-state index in [4.69, 9.17) is 10.5 Å². The van der Waals surface area contributed by atoms with Crippen molar-refractivity contribution in [3.8, 4) is 11.5 Å². The summed E-state index contributed by atoms with van der Waals surface area (Å²) in [5, 5.41) is 0. The molecule has 3 rings (SSSR count). The molecule has 0 radical (unpaired) electrons. The summed E-state index contributed by atoms with van der Waals surface area (Å²) in [5.74, 6) is 1.77. The summed E-state index contributed by atoms with van der Waals surface area (Å²) < 4.78 is 6.16. The Morgan fingerprint density at radius 1 is 0.955 bits per heavy atom. The molecule has 0 aliphatic carbocycles. The number of nitrogens with zero attached hydrogens (tertiary/aromatic N) is 1. The predicted molar refractivity (Wildman–Crippen MR) is 91.7 cm³/mol. The fourth-order valence-corrected chi connectivity index (χ4v) is 3.08. The standard InChI is InChI=1S/C19H24N2O/c1-15-8-3-4-10-18(15)22-19-11-7-9-17(16(19)14-20)21-12-5-2-6-13-21/h3-4,7-11H,2,5-6,12-14,20H2,1H3. The zero-order chi connectivity index (χ0) is 15.4. The van der Waals surface area contributed by atoms with Crippen molar-refractivity contribution in [2.24, 2.45) is 5.73 Å². The smallest absolute Gasteiger partial charge is 0.134 e. The number of piperidine rings is 1. The van der Waals surface area contributed by atoms with Gasteiger partial charge in [-0.1, -0.05) is 24.3 Å². The van der Waals surface area contributed by atoms with E-state index in [9.17, 15) is 0 Å². The van der Waals surface area contributed by atoms with E-state index in [2.05, 4.69) is 30.0 Å². The second-order valence-corrected chi connectivity index (χ2v) is 5.87. The number of aryl methyl sites for hydroxylation is 1. The van der Waals surface area contributed by atoms with E-state index in [-0.39, 0.29) is 0 Å². The molecule has 0 atom stereocenters. The van der Waals surface area contributed by atoms with Crippen LogP contribution in [-0.2, 0) is 6.54 Å². The molecule has 0 amide bonds. The third kappa shape index (κ3) is 3.09. The molecule has 2 aromatic rings.